The summed E-state index contributed by atoms with van der Waals surface area (Å²) in [4.78, 5) is 25.1. The highest BCUT2D eigenvalue weighted by Gasteiger charge is 2.11. The summed E-state index contributed by atoms with van der Waals surface area (Å²) in [5, 5.41) is 6.97. The van der Waals surface area contributed by atoms with Crippen molar-refractivity contribution in [2.75, 3.05) is 12.4 Å². The minimum atomic E-state index is -0.232. The fraction of sp³-hybridized carbons (Fsp3) is 0.312. The smallest absolute Gasteiger partial charge is 0.321 e. The van der Waals surface area contributed by atoms with Gasteiger partial charge in [0.25, 0.3) is 0 Å². The van der Waals surface area contributed by atoms with Crippen molar-refractivity contribution in [1.82, 2.24) is 14.7 Å². The Morgan fingerprint density at radius 3 is 2.77 bits per heavy atom. The van der Waals surface area contributed by atoms with Gasteiger partial charge in [0.05, 0.1) is 12.7 Å². The standard InChI is InChI=1S/C16H20N4O2/c1-4-20-11-13(9-17-20)10-19(3)16(22)18-15-7-5-6-14(8-15)12(2)21/h5-9,11H,4,10H2,1-3H3,(H,18,22). The minimum Gasteiger partial charge on any atom is -0.323 e. The lowest BCUT2D eigenvalue weighted by Gasteiger charge is -2.17. The Morgan fingerprint density at radius 2 is 2.14 bits per heavy atom. The van der Waals surface area contributed by atoms with Crippen LogP contribution in [0, 0.1) is 0 Å². The number of aryl methyl sites for hydroxylation is 1. The minimum absolute atomic E-state index is 0.0311. The quantitative estimate of drug-likeness (QED) is 0.863. The van der Waals surface area contributed by atoms with Gasteiger partial charge >= 0.3 is 6.03 Å². The molecular formula is C16H20N4O2. The summed E-state index contributed by atoms with van der Waals surface area (Å²) in [6, 6.07) is 6.67. The summed E-state index contributed by atoms with van der Waals surface area (Å²) in [5.41, 5.74) is 2.15. The summed E-state index contributed by atoms with van der Waals surface area (Å²) in [7, 11) is 1.72. The number of carbonyl (C=O) groups excluding carboxylic acids is 2. The van der Waals surface area contributed by atoms with Gasteiger partial charge in [0.15, 0.2) is 5.78 Å². The van der Waals surface area contributed by atoms with Crippen LogP contribution in [0.3, 0.4) is 0 Å². The lowest BCUT2D eigenvalue weighted by Crippen LogP contribution is -2.30. The number of amides is 2. The summed E-state index contributed by atoms with van der Waals surface area (Å²) < 4.78 is 1.82. The van der Waals surface area contributed by atoms with Crippen molar-refractivity contribution in [3.05, 3.63) is 47.8 Å². The normalized spacial score (nSPS) is 10.3. The van der Waals surface area contributed by atoms with Crippen LogP contribution in [-0.2, 0) is 13.1 Å². The Labute approximate surface area is 129 Å². The van der Waals surface area contributed by atoms with Crippen molar-refractivity contribution in [2.45, 2.75) is 26.9 Å². The van der Waals surface area contributed by atoms with E-state index in [4.69, 9.17) is 0 Å². The highest BCUT2D eigenvalue weighted by molar-refractivity contribution is 5.96. The van der Waals surface area contributed by atoms with Crippen molar-refractivity contribution >= 4 is 17.5 Å². The number of ketones is 1. The van der Waals surface area contributed by atoms with Crippen LogP contribution in [0.15, 0.2) is 36.7 Å². The molecule has 0 saturated heterocycles. The third-order valence-corrected chi connectivity index (χ3v) is 3.30. The third kappa shape index (κ3) is 3.94. The van der Waals surface area contributed by atoms with E-state index in [1.807, 2.05) is 17.8 Å². The molecule has 22 heavy (non-hydrogen) atoms. The fourth-order valence-electron chi connectivity index (χ4n) is 2.04. The Hall–Kier alpha value is -2.63. The van der Waals surface area contributed by atoms with Crippen LogP contribution in [0.1, 0.15) is 29.8 Å². The van der Waals surface area contributed by atoms with E-state index in [9.17, 15) is 9.59 Å². The van der Waals surface area contributed by atoms with Gasteiger partial charge in [-0.15, -0.1) is 0 Å². The van der Waals surface area contributed by atoms with E-state index in [1.165, 1.54) is 6.92 Å². The van der Waals surface area contributed by atoms with E-state index in [0.29, 0.717) is 17.8 Å². The summed E-state index contributed by atoms with van der Waals surface area (Å²) in [6.45, 7) is 4.78. The maximum Gasteiger partial charge on any atom is 0.321 e. The first kappa shape index (κ1) is 15.8. The number of carbonyl (C=O) groups is 2. The second-order valence-electron chi connectivity index (χ2n) is 5.13. The number of anilines is 1. The molecule has 0 spiro atoms. The number of aromatic nitrogens is 2. The Morgan fingerprint density at radius 1 is 1.36 bits per heavy atom. The molecule has 0 aliphatic carbocycles. The lowest BCUT2D eigenvalue weighted by molar-refractivity contribution is 0.101. The molecule has 0 aliphatic rings. The first-order valence-corrected chi connectivity index (χ1v) is 7.14. The average Bonchev–Trinajstić information content (AvgIpc) is 2.95. The van der Waals surface area contributed by atoms with Crippen molar-refractivity contribution in [3.8, 4) is 0 Å². The Bertz CT molecular complexity index is 678. The molecule has 6 nitrogen and oxygen atoms in total. The molecule has 0 saturated carbocycles. The molecule has 1 aromatic carbocycles. The molecule has 0 atom stereocenters. The first-order valence-electron chi connectivity index (χ1n) is 7.14. The van der Waals surface area contributed by atoms with Gasteiger partial charge < -0.3 is 10.2 Å². The Kier molecular flexibility index (Phi) is 4.93. The largest absolute Gasteiger partial charge is 0.323 e. The van der Waals surface area contributed by atoms with Crippen LogP contribution in [0.25, 0.3) is 0 Å². The van der Waals surface area contributed by atoms with Crippen LogP contribution in [0.5, 0.6) is 0 Å². The summed E-state index contributed by atoms with van der Waals surface area (Å²) >= 11 is 0. The number of urea groups is 1. The van der Waals surface area contributed by atoms with E-state index >= 15 is 0 Å². The number of Topliss-reactive ketones (excluding diaryl/α,β-unsaturated/α-hetero) is 1. The maximum atomic E-state index is 12.2. The number of hydrogen-bond donors (Lipinski definition) is 1. The second kappa shape index (κ2) is 6.89. The molecule has 1 N–H and O–H groups in total. The van der Waals surface area contributed by atoms with E-state index in [0.717, 1.165) is 12.1 Å². The number of hydrogen-bond acceptors (Lipinski definition) is 3. The first-order chi connectivity index (χ1) is 10.5. The second-order valence-corrected chi connectivity index (χ2v) is 5.13. The van der Waals surface area contributed by atoms with Gasteiger partial charge in [-0.3, -0.25) is 9.48 Å². The van der Waals surface area contributed by atoms with Crippen molar-refractivity contribution < 1.29 is 9.59 Å². The Balaban J connectivity index is 1.99. The van der Waals surface area contributed by atoms with Crippen molar-refractivity contribution in [3.63, 3.8) is 0 Å². The molecule has 1 heterocycles. The zero-order chi connectivity index (χ0) is 16.1. The molecule has 0 bridgehead atoms. The molecule has 2 aromatic rings. The van der Waals surface area contributed by atoms with E-state index in [2.05, 4.69) is 10.4 Å². The van der Waals surface area contributed by atoms with E-state index < -0.39 is 0 Å². The number of benzene rings is 1. The third-order valence-electron chi connectivity index (χ3n) is 3.30. The zero-order valence-corrected chi connectivity index (χ0v) is 13.0. The van der Waals surface area contributed by atoms with Gasteiger partial charge in [-0.2, -0.15) is 5.10 Å². The molecule has 6 heteroatoms. The molecule has 116 valence electrons. The summed E-state index contributed by atoms with van der Waals surface area (Å²) in [6.07, 6.45) is 3.67. The highest BCUT2D eigenvalue weighted by atomic mass is 16.2. The molecule has 0 unspecified atom stereocenters. The molecular weight excluding hydrogens is 280 g/mol. The van der Waals surface area contributed by atoms with Crippen LogP contribution in [-0.4, -0.2) is 33.5 Å². The maximum absolute atomic E-state index is 12.2. The van der Waals surface area contributed by atoms with E-state index in [-0.39, 0.29) is 11.8 Å². The molecule has 0 fully saturated rings. The predicted octanol–water partition coefficient (Wildman–Crippen LogP) is 2.77. The predicted molar refractivity (Wildman–Crippen MR) is 84.8 cm³/mol. The van der Waals surface area contributed by atoms with Gasteiger partial charge in [0, 0.05) is 36.6 Å². The molecule has 0 aliphatic heterocycles. The monoisotopic (exact) mass is 300 g/mol. The summed E-state index contributed by atoms with van der Waals surface area (Å²) in [5.74, 6) is -0.0311. The van der Waals surface area contributed by atoms with E-state index in [1.54, 1.807) is 42.4 Å². The van der Waals surface area contributed by atoms with Crippen molar-refractivity contribution in [2.24, 2.45) is 0 Å². The van der Waals surface area contributed by atoms with Gasteiger partial charge in [-0.25, -0.2) is 4.79 Å². The number of nitrogens with zero attached hydrogens (tertiary/aromatic N) is 3. The molecule has 2 rings (SSSR count). The number of rotatable bonds is 5. The van der Waals surface area contributed by atoms with Gasteiger partial charge in [0.1, 0.15) is 0 Å². The molecule has 1 aromatic heterocycles. The highest BCUT2D eigenvalue weighted by Crippen LogP contribution is 2.12. The molecule has 0 radical (unpaired) electrons. The average molecular weight is 300 g/mol. The fourth-order valence-corrected chi connectivity index (χ4v) is 2.04. The topological polar surface area (TPSA) is 67.2 Å². The lowest BCUT2D eigenvalue weighted by atomic mass is 10.1. The van der Waals surface area contributed by atoms with Crippen LogP contribution >= 0.6 is 0 Å². The molecule has 2 amide bonds. The van der Waals surface area contributed by atoms with Crippen molar-refractivity contribution in [1.29, 1.82) is 0 Å². The van der Waals surface area contributed by atoms with Crippen LogP contribution in [0.4, 0.5) is 10.5 Å². The van der Waals surface area contributed by atoms with Crippen LogP contribution < -0.4 is 5.32 Å². The van der Waals surface area contributed by atoms with Gasteiger partial charge in [-0.1, -0.05) is 12.1 Å². The van der Waals surface area contributed by atoms with Crippen LogP contribution in [0.2, 0.25) is 0 Å². The van der Waals surface area contributed by atoms with Gasteiger partial charge in [-0.05, 0) is 26.0 Å². The zero-order valence-electron chi connectivity index (χ0n) is 13.0. The number of nitrogens with one attached hydrogen (secondary N) is 1. The SMILES string of the molecule is CCn1cc(CN(C)C(=O)Nc2cccc(C(C)=O)c2)cn1. The van der Waals surface area contributed by atoms with Gasteiger partial charge in [0.2, 0.25) is 0 Å².